The molecule has 0 unspecified atom stereocenters. The number of hydrogen-bond donors (Lipinski definition) is 3. The molecule has 222 valence electrons. The highest BCUT2D eigenvalue weighted by Gasteiger charge is 2.34. The molecule has 2 aliphatic rings. The third kappa shape index (κ3) is 6.58. The lowest BCUT2D eigenvalue weighted by Gasteiger charge is -2.38. The Morgan fingerprint density at radius 1 is 1.12 bits per heavy atom. The van der Waals surface area contributed by atoms with Crippen molar-refractivity contribution in [2.45, 2.75) is 32.5 Å². The minimum absolute atomic E-state index is 0.114. The fourth-order valence-electron chi connectivity index (χ4n) is 5.10. The number of carbonyl (C=O) groups is 2. The summed E-state index contributed by atoms with van der Waals surface area (Å²) in [5, 5.41) is 15.4. The highest BCUT2D eigenvalue weighted by atomic mass is 19.1. The van der Waals surface area contributed by atoms with Gasteiger partial charge in [0.2, 0.25) is 6.79 Å². The van der Waals surface area contributed by atoms with E-state index in [0.717, 1.165) is 11.3 Å². The van der Waals surface area contributed by atoms with Crippen molar-refractivity contribution in [1.29, 1.82) is 0 Å². The summed E-state index contributed by atoms with van der Waals surface area (Å²) in [4.78, 5) is 30.4. The number of nitrogens with zero attached hydrogens (tertiary/aromatic N) is 2. The van der Waals surface area contributed by atoms with Crippen molar-refractivity contribution >= 4 is 23.3 Å². The Hall–Kier alpha value is -4.35. The zero-order chi connectivity index (χ0) is 29.8. The van der Waals surface area contributed by atoms with Crippen LogP contribution in [0.15, 0.2) is 60.7 Å². The maximum absolute atomic E-state index is 13.7. The molecule has 2 aliphatic heterocycles. The average molecular weight is 579 g/mol. The van der Waals surface area contributed by atoms with E-state index in [0.29, 0.717) is 36.8 Å². The van der Waals surface area contributed by atoms with Gasteiger partial charge in [-0.3, -0.25) is 9.69 Å². The summed E-state index contributed by atoms with van der Waals surface area (Å²) in [6.07, 6.45) is -0.368. The summed E-state index contributed by atoms with van der Waals surface area (Å²) in [5.41, 5.74) is 2.05. The van der Waals surface area contributed by atoms with Gasteiger partial charge in [-0.25, -0.2) is 9.18 Å². The first kappa shape index (κ1) is 29.2. The second-order valence-electron chi connectivity index (χ2n) is 10.8. The van der Waals surface area contributed by atoms with E-state index < -0.39 is 17.9 Å². The van der Waals surface area contributed by atoms with E-state index in [4.69, 9.17) is 14.2 Å². The van der Waals surface area contributed by atoms with E-state index in [1.54, 1.807) is 30.0 Å². The van der Waals surface area contributed by atoms with E-state index in [2.05, 4.69) is 15.5 Å². The van der Waals surface area contributed by atoms with E-state index >= 15 is 0 Å². The number of aliphatic hydroxyl groups is 1. The highest BCUT2D eigenvalue weighted by Crippen LogP contribution is 2.36. The number of halogens is 1. The largest absolute Gasteiger partial charge is 0.486 e. The fourth-order valence-corrected chi connectivity index (χ4v) is 5.10. The number of para-hydroxylation sites is 1. The van der Waals surface area contributed by atoms with Gasteiger partial charge in [-0.15, -0.1) is 0 Å². The summed E-state index contributed by atoms with van der Waals surface area (Å²) in [6, 6.07) is 15.2. The molecule has 3 atom stereocenters. The quantitative estimate of drug-likeness (QED) is 0.360. The van der Waals surface area contributed by atoms with Gasteiger partial charge in [0, 0.05) is 31.2 Å². The molecule has 0 aliphatic carbocycles. The van der Waals surface area contributed by atoms with Gasteiger partial charge in [-0.2, -0.15) is 0 Å². The van der Waals surface area contributed by atoms with Crippen LogP contribution < -0.4 is 24.8 Å². The van der Waals surface area contributed by atoms with Gasteiger partial charge in [0.25, 0.3) is 5.91 Å². The van der Waals surface area contributed by atoms with Crippen molar-refractivity contribution in [2.24, 2.45) is 5.92 Å². The average Bonchev–Trinajstić information content (AvgIpc) is 3.44. The number of ether oxygens (including phenoxy) is 3. The van der Waals surface area contributed by atoms with Crippen LogP contribution in [0.25, 0.3) is 0 Å². The number of fused-ring (bicyclic) bond motifs is 2. The third-order valence-corrected chi connectivity index (χ3v) is 7.42. The number of hydrogen-bond acceptors (Lipinski definition) is 7. The maximum Gasteiger partial charge on any atom is 0.323 e. The molecule has 10 nitrogen and oxygen atoms in total. The third-order valence-electron chi connectivity index (χ3n) is 7.42. The second kappa shape index (κ2) is 12.7. The molecule has 0 spiro atoms. The van der Waals surface area contributed by atoms with Crippen LogP contribution in [0.5, 0.6) is 17.2 Å². The van der Waals surface area contributed by atoms with Crippen LogP contribution in [0.1, 0.15) is 29.8 Å². The Morgan fingerprint density at radius 3 is 2.64 bits per heavy atom. The zero-order valence-electron chi connectivity index (χ0n) is 23.8. The first-order valence-electron chi connectivity index (χ1n) is 13.8. The molecule has 0 aromatic heterocycles. The van der Waals surface area contributed by atoms with E-state index in [1.807, 2.05) is 32.2 Å². The number of carbonyl (C=O) groups excluding carboxylic acids is 2. The Labute approximate surface area is 244 Å². The molecule has 0 fully saturated rings. The number of rotatable bonds is 8. The van der Waals surface area contributed by atoms with Gasteiger partial charge in [0.1, 0.15) is 11.9 Å². The summed E-state index contributed by atoms with van der Waals surface area (Å²) in [7, 11) is 1.99. The van der Waals surface area contributed by atoms with Crippen molar-refractivity contribution in [1.82, 2.24) is 9.80 Å². The molecule has 11 heteroatoms. The molecule has 3 aromatic rings. The van der Waals surface area contributed by atoms with E-state index in [1.165, 1.54) is 24.3 Å². The van der Waals surface area contributed by atoms with Crippen LogP contribution in [0.2, 0.25) is 0 Å². The molecule has 0 bridgehead atoms. The van der Waals surface area contributed by atoms with Crippen molar-refractivity contribution in [2.75, 3.05) is 44.2 Å². The van der Waals surface area contributed by atoms with Gasteiger partial charge in [0.05, 0.1) is 23.9 Å². The number of urea groups is 1. The van der Waals surface area contributed by atoms with Crippen molar-refractivity contribution in [3.05, 3.63) is 77.6 Å². The molecule has 5 rings (SSSR count). The minimum Gasteiger partial charge on any atom is -0.486 e. The van der Waals surface area contributed by atoms with E-state index in [9.17, 15) is 19.1 Å². The van der Waals surface area contributed by atoms with Gasteiger partial charge < -0.3 is 34.9 Å². The molecule has 0 radical (unpaired) electrons. The zero-order valence-corrected chi connectivity index (χ0v) is 23.8. The number of nitrogens with one attached hydrogen (secondary N) is 2. The molecule has 42 heavy (non-hydrogen) atoms. The summed E-state index contributed by atoms with van der Waals surface area (Å²) in [5.74, 6) is 0.862. The van der Waals surface area contributed by atoms with Gasteiger partial charge in [-0.05, 0) is 68.1 Å². The predicted molar refractivity (Wildman–Crippen MR) is 156 cm³/mol. The Morgan fingerprint density at radius 2 is 1.88 bits per heavy atom. The number of amides is 3. The highest BCUT2D eigenvalue weighted by molar-refractivity contribution is 6.04. The van der Waals surface area contributed by atoms with E-state index in [-0.39, 0.29) is 42.6 Å². The Balaban J connectivity index is 1.40. The molecular formula is C31H35FN4O6. The first-order chi connectivity index (χ1) is 20.2. The summed E-state index contributed by atoms with van der Waals surface area (Å²) in [6.45, 7) is 5.33. The molecule has 0 saturated carbocycles. The molecule has 3 aromatic carbocycles. The second-order valence-corrected chi connectivity index (χ2v) is 10.8. The van der Waals surface area contributed by atoms with Crippen LogP contribution in [-0.2, 0) is 6.54 Å². The van der Waals surface area contributed by atoms with Crippen LogP contribution in [-0.4, -0.2) is 72.5 Å². The molecular weight excluding hydrogens is 543 g/mol. The van der Waals surface area contributed by atoms with Crippen LogP contribution in [0.4, 0.5) is 20.6 Å². The number of benzene rings is 3. The molecule has 0 saturated heterocycles. The number of likely N-dealkylation sites (N-methyl/N-ethyl adjacent to an activating group) is 1. The van der Waals surface area contributed by atoms with Crippen LogP contribution in [0.3, 0.4) is 0 Å². The van der Waals surface area contributed by atoms with Crippen LogP contribution >= 0.6 is 0 Å². The monoisotopic (exact) mass is 578 g/mol. The van der Waals surface area contributed by atoms with Gasteiger partial charge in [0.15, 0.2) is 17.2 Å². The molecule has 3 amide bonds. The smallest absolute Gasteiger partial charge is 0.323 e. The Bertz CT molecular complexity index is 1440. The fraction of sp³-hybridized carbons (Fsp3) is 0.355. The summed E-state index contributed by atoms with van der Waals surface area (Å²) >= 11 is 0. The van der Waals surface area contributed by atoms with Gasteiger partial charge in [-0.1, -0.05) is 19.1 Å². The molecule has 3 N–H and O–H groups in total. The topological polar surface area (TPSA) is 113 Å². The SMILES string of the molecule is C[C@H](CO)N1C[C@H](C)[C@H](CN(C)Cc2ccc3c(c2)OCO3)Oc2c(NC(=O)Nc3ccc(F)cc3)cccc2C1=O. The summed E-state index contributed by atoms with van der Waals surface area (Å²) < 4.78 is 30.8. The predicted octanol–water partition coefficient (Wildman–Crippen LogP) is 4.55. The van der Waals surface area contributed by atoms with Crippen molar-refractivity contribution in [3.63, 3.8) is 0 Å². The lowest BCUT2D eigenvalue weighted by molar-refractivity contribution is 0.0343. The van der Waals surface area contributed by atoms with Crippen molar-refractivity contribution < 1.29 is 33.3 Å². The normalized spacial score (nSPS) is 18.5. The molecule has 2 heterocycles. The number of anilines is 2. The maximum atomic E-state index is 13.7. The van der Waals surface area contributed by atoms with Crippen LogP contribution in [0, 0.1) is 11.7 Å². The minimum atomic E-state index is -0.571. The lowest BCUT2D eigenvalue weighted by atomic mass is 9.99. The van der Waals surface area contributed by atoms with Gasteiger partial charge >= 0.3 is 6.03 Å². The Kier molecular flexibility index (Phi) is 8.79. The van der Waals surface area contributed by atoms with Crippen molar-refractivity contribution in [3.8, 4) is 17.2 Å². The standard InChI is InChI=1S/C31H35FN4O6/c1-19-14-36(20(2)17-37)30(38)24-5-4-6-25(34-31(39)33-23-10-8-22(32)9-11-23)29(24)42-28(19)16-35(3)15-21-7-12-26-27(13-21)41-18-40-26/h4-13,19-20,28,37H,14-18H2,1-3H3,(H2,33,34,39)/t19-,20+,28-/m0/s1. The lowest BCUT2D eigenvalue weighted by Crippen LogP contribution is -2.49. The first-order valence-corrected chi connectivity index (χ1v) is 13.8. The number of aliphatic hydroxyl groups excluding tert-OH is 1.